The number of aliphatic hydroxyl groups excluding tert-OH is 1. The van der Waals surface area contributed by atoms with E-state index in [0.717, 1.165) is 4.90 Å². The summed E-state index contributed by atoms with van der Waals surface area (Å²) in [5.74, 6) is -3.13. The predicted octanol–water partition coefficient (Wildman–Crippen LogP) is 1.01. The summed E-state index contributed by atoms with van der Waals surface area (Å²) in [6.07, 6.45) is -3.22. The molecule has 9 nitrogen and oxygen atoms in total. The van der Waals surface area contributed by atoms with Crippen LogP contribution in [0.3, 0.4) is 0 Å². The number of esters is 1. The fraction of sp³-hybridized carbons (Fsp3) is 0.778. The van der Waals surface area contributed by atoms with Gasteiger partial charge in [0.25, 0.3) is 5.91 Å². The Bertz CT molecular complexity index is 668. The summed E-state index contributed by atoms with van der Waals surface area (Å²) in [7, 11) is 0. The molecule has 0 saturated carbocycles. The van der Waals surface area contributed by atoms with Gasteiger partial charge in [0.1, 0.15) is 0 Å². The molecule has 0 aliphatic carbocycles. The summed E-state index contributed by atoms with van der Waals surface area (Å²) >= 11 is 5.79. The van der Waals surface area contributed by atoms with Gasteiger partial charge in [-0.15, -0.1) is 11.6 Å². The molecule has 3 amide bonds. The van der Waals surface area contributed by atoms with Crippen LogP contribution in [0.1, 0.15) is 41.0 Å². The Morgan fingerprint density at radius 3 is 2.32 bits per heavy atom. The summed E-state index contributed by atoms with van der Waals surface area (Å²) in [4.78, 5) is 50.3. The van der Waals surface area contributed by atoms with Crippen molar-refractivity contribution in [3.05, 3.63) is 0 Å². The molecule has 158 valence electrons. The Morgan fingerprint density at radius 2 is 1.82 bits per heavy atom. The summed E-state index contributed by atoms with van der Waals surface area (Å²) in [6, 6.07) is -0.927. The number of fused-ring (bicyclic) bond motifs is 1. The van der Waals surface area contributed by atoms with E-state index in [0.29, 0.717) is 0 Å². The lowest BCUT2D eigenvalue weighted by atomic mass is 9.69. The number of likely N-dealkylation sites (tertiary alicyclic amines) is 1. The second kappa shape index (κ2) is 8.24. The molecule has 0 aromatic heterocycles. The number of carbonyl (C=O) groups is 4. The van der Waals surface area contributed by atoms with E-state index in [2.05, 4.69) is 5.32 Å². The van der Waals surface area contributed by atoms with Gasteiger partial charge in [-0.1, -0.05) is 27.7 Å². The zero-order valence-electron chi connectivity index (χ0n) is 16.6. The third-order valence-electron chi connectivity index (χ3n) is 5.10. The first kappa shape index (κ1) is 22.4. The average molecular weight is 419 g/mol. The highest BCUT2D eigenvalue weighted by atomic mass is 35.5. The summed E-state index contributed by atoms with van der Waals surface area (Å²) in [5.41, 5.74) is -1.58. The summed E-state index contributed by atoms with van der Waals surface area (Å²) < 4.78 is 10.1. The van der Waals surface area contributed by atoms with Crippen molar-refractivity contribution in [3.63, 3.8) is 0 Å². The normalized spacial score (nSPS) is 28.5. The number of β-lactam (4-membered cyclic amide) rings is 1. The fourth-order valence-electron chi connectivity index (χ4n) is 3.68. The van der Waals surface area contributed by atoms with Gasteiger partial charge in [0.05, 0.1) is 24.0 Å². The van der Waals surface area contributed by atoms with Crippen molar-refractivity contribution < 1.29 is 33.8 Å². The van der Waals surface area contributed by atoms with Crippen LogP contribution in [0.25, 0.3) is 0 Å². The lowest BCUT2D eigenvalue weighted by Gasteiger charge is -2.53. The van der Waals surface area contributed by atoms with Crippen molar-refractivity contribution >= 4 is 35.5 Å². The molecule has 2 aliphatic heterocycles. The number of hydrogen-bond donors (Lipinski definition) is 2. The number of amides is 3. The number of rotatable bonds is 7. The highest BCUT2D eigenvalue weighted by Crippen LogP contribution is 2.46. The number of hydrogen-bond acceptors (Lipinski definition) is 7. The van der Waals surface area contributed by atoms with Gasteiger partial charge in [-0.05, 0) is 12.3 Å². The van der Waals surface area contributed by atoms with Crippen molar-refractivity contribution in [1.29, 1.82) is 0 Å². The number of nitrogens with one attached hydrogen (secondary N) is 1. The molecule has 0 radical (unpaired) electrons. The van der Waals surface area contributed by atoms with Crippen LogP contribution < -0.4 is 5.32 Å². The maximum Gasteiger partial charge on any atom is 0.420 e. The fourth-order valence-corrected chi connectivity index (χ4v) is 3.92. The quantitative estimate of drug-likeness (QED) is 0.274. The second-order valence-corrected chi connectivity index (χ2v) is 8.17. The molecule has 0 bridgehead atoms. The third kappa shape index (κ3) is 3.57. The van der Waals surface area contributed by atoms with Gasteiger partial charge < -0.3 is 19.9 Å². The average Bonchev–Trinajstić information content (AvgIpc) is 2.84. The SMILES string of the molecule is CC(OC(=O)C(C)C)OC(=O)N1C(=O)C2([C@@H](O)C(C)C)NC(=O)[C@H](CCCl)[C@H]12. The van der Waals surface area contributed by atoms with Crippen LogP contribution in [0.5, 0.6) is 0 Å². The van der Waals surface area contributed by atoms with Gasteiger partial charge >= 0.3 is 12.1 Å². The minimum atomic E-state index is -1.58. The maximum atomic E-state index is 12.9. The summed E-state index contributed by atoms with van der Waals surface area (Å²) in [6.45, 7) is 8.03. The van der Waals surface area contributed by atoms with Crippen LogP contribution >= 0.6 is 11.6 Å². The standard InChI is InChI=1S/C18H27ClN2O7/c1-8(2)13(22)18-12(11(6-7-19)14(23)20-18)21(16(18)25)17(26)28-10(5)27-15(24)9(3)4/h8-13,22H,6-7H2,1-5H3,(H,20,23)/t10?,11-,12+,13+,18?/m1/s1. The van der Waals surface area contributed by atoms with Crippen LogP contribution in [-0.2, 0) is 23.9 Å². The highest BCUT2D eigenvalue weighted by molar-refractivity contribution is 6.18. The van der Waals surface area contributed by atoms with Crippen molar-refractivity contribution in [1.82, 2.24) is 10.2 Å². The van der Waals surface area contributed by atoms with E-state index in [4.69, 9.17) is 21.1 Å². The number of ether oxygens (including phenoxy) is 2. The molecule has 10 heteroatoms. The summed E-state index contributed by atoms with van der Waals surface area (Å²) in [5, 5.41) is 13.2. The van der Waals surface area contributed by atoms with Crippen molar-refractivity contribution in [2.75, 3.05) is 5.88 Å². The molecule has 5 atom stereocenters. The number of nitrogens with zero attached hydrogens (tertiary/aromatic N) is 1. The maximum absolute atomic E-state index is 12.9. The van der Waals surface area contributed by atoms with Gasteiger partial charge in [-0.3, -0.25) is 14.4 Å². The van der Waals surface area contributed by atoms with E-state index in [1.165, 1.54) is 6.92 Å². The number of carbonyl (C=O) groups excluding carboxylic acids is 4. The van der Waals surface area contributed by atoms with Gasteiger partial charge in [0.2, 0.25) is 12.2 Å². The molecule has 2 heterocycles. The van der Waals surface area contributed by atoms with E-state index in [1.54, 1.807) is 27.7 Å². The molecular formula is C18H27ClN2O7. The Balaban J connectivity index is 2.23. The van der Waals surface area contributed by atoms with E-state index in [1.807, 2.05) is 0 Å². The lowest BCUT2D eigenvalue weighted by Crippen LogP contribution is -2.82. The third-order valence-corrected chi connectivity index (χ3v) is 5.32. The first-order valence-corrected chi connectivity index (χ1v) is 9.83. The molecule has 2 aliphatic rings. The molecule has 0 aromatic carbocycles. The molecule has 2 saturated heterocycles. The first-order chi connectivity index (χ1) is 13.0. The number of halogens is 1. The predicted molar refractivity (Wildman–Crippen MR) is 98.1 cm³/mol. The van der Waals surface area contributed by atoms with Gasteiger partial charge in [-0.2, -0.15) is 0 Å². The van der Waals surface area contributed by atoms with Crippen LogP contribution in [0.4, 0.5) is 4.79 Å². The Labute approximate surface area is 168 Å². The Morgan fingerprint density at radius 1 is 1.21 bits per heavy atom. The van der Waals surface area contributed by atoms with Crippen molar-refractivity contribution in [3.8, 4) is 0 Å². The van der Waals surface area contributed by atoms with E-state index < -0.39 is 59.7 Å². The van der Waals surface area contributed by atoms with Gasteiger partial charge in [0, 0.05) is 12.8 Å². The van der Waals surface area contributed by atoms with Gasteiger partial charge in [0.15, 0.2) is 5.54 Å². The Kier molecular flexibility index (Phi) is 6.60. The number of alkyl halides is 1. The molecule has 2 fully saturated rings. The van der Waals surface area contributed by atoms with Crippen LogP contribution in [-0.4, -0.2) is 63.7 Å². The van der Waals surface area contributed by atoms with Crippen LogP contribution in [0.2, 0.25) is 0 Å². The number of aliphatic hydroxyl groups is 1. The Hall–Kier alpha value is -1.87. The van der Waals surface area contributed by atoms with E-state index in [-0.39, 0.29) is 18.2 Å². The van der Waals surface area contributed by atoms with Crippen molar-refractivity contribution in [2.45, 2.75) is 65.0 Å². The minimum Gasteiger partial charge on any atom is -0.425 e. The van der Waals surface area contributed by atoms with E-state index >= 15 is 0 Å². The molecule has 0 aromatic rings. The molecule has 0 spiro atoms. The molecule has 28 heavy (non-hydrogen) atoms. The molecule has 2 rings (SSSR count). The smallest absolute Gasteiger partial charge is 0.420 e. The topological polar surface area (TPSA) is 122 Å². The van der Waals surface area contributed by atoms with Crippen LogP contribution in [0, 0.1) is 17.8 Å². The number of imide groups is 1. The lowest BCUT2D eigenvalue weighted by molar-refractivity contribution is -0.180. The zero-order valence-corrected chi connectivity index (χ0v) is 17.4. The van der Waals surface area contributed by atoms with E-state index in [9.17, 15) is 24.3 Å². The monoisotopic (exact) mass is 418 g/mol. The van der Waals surface area contributed by atoms with Crippen molar-refractivity contribution in [2.24, 2.45) is 17.8 Å². The molecular weight excluding hydrogens is 392 g/mol. The second-order valence-electron chi connectivity index (χ2n) is 7.79. The molecule has 2 N–H and O–H groups in total. The first-order valence-electron chi connectivity index (χ1n) is 9.29. The minimum absolute atomic E-state index is 0.141. The zero-order chi connectivity index (χ0) is 21.4. The van der Waals surface area contributed by atoms with Gasteiger partial charge in [-0.25, -0.2) is 9.69 Å². The van der Waals surface area contributed by atoms with Crippen LogP contribution in [0.15, 0.2) is 0 Å². The molecule has 2 unspecified atom stereocenters. The highest BCUT2D eigenvalue weighted by Gasteiger charge is 2.74. The largest absolute Gasteiger partial charge is 0.425 e.